The average Bonchev–Trinajstić information content (AvgIpc) is 3.86. The Kier molecular flexibility index (Phi) is 9.69. The zero-order valence-electron chi connectivity index (χ0n) is 33.5. The zero-order valence-corrected chi connectivity index (χ0v) is 34.3. The van der Waals surface area contributed by atoms with E-state index in [1.165, 1.54) is 40.6 Å². The molecule has 0 unspecified atom stereocenters. The molecule has 4 atom stereocenters. The van der Waals surface area contributed by atoms with Crippen LogP contribution in [0.2, 0.25) is 0 Å². The van der Waals surface area contributed by atoms with E-state index < -0.39 is 15.9 Å². The number of benzene rings is 3. The number of rotatable bonds is 10. The van der Waals surface area contributed by atoms with E-state index in [9.17, 15) is 18.0 Å². The average molecular weight is 803 g/mol. The Hall–Kier alpha value is -5.09. The van der Waals surface area contributed by atoms with E-state index >= 15 is 0 Å². The lowest BCUT2D eigenvalue weighted by Crippen LogP contribution is -2.51. The topological polar surface area (TPSA) is 148 Å². The van der Waals surface area contributed by atoms with Crippen LogP contribution in [0.4, 0.5) is 0 Å². The summed E-state index contributed by atoms with van der Waals surface area (Å²) < 4.78 is 29.1. The fourth-order valence-corrected chi connectivity index (χ4v) is 10.9. The molecule has 5 aromatic rings. The molecule has 0 fully saturated rings. The smallest absolute Gasteiger partial charge is 0.259 e. The fourth-order valence-electron chi connectivity index (χ4n) is 9.66. The minimum atomic E-state index is -4.07. The first-order valence-corrected chi connectivity index (χ1v) is 21.4. The second-order valence-corrected chi connectivity index (χ2v) is 18.2. The van der Waals surface area contributed by atoms with Gasteiger partial charge in [-0.25, -0.2) is 13.8 Å². The van der Waals surface area contributed by atoms with E-state index in [4.69, 9.17) is 5.11 Å². The number of H-pyrrole nitrogens is 2. The molecule has 0 spiro atoms. The number of sulfonamides is 1. The number of aliphatic hydroxyl groups excluding tert-OH is 1. The van der Waals surface area contributed by atoms with Crippen molar-refractivity contribution < 1.29 is 23.1 Å². The van der Waals surface area contributed by atoms with Crippen molar-refractivity contribution in [1.29, 1.82) is 0 Å². The lowest BCUT2D eigenvalue weighted by Gasteiger charge is -2.40. The Morgan fingerprint density at radius 3 is 2.07 bits per heavy atom. The van der Waals surface area contributed by atoms with Crippen LogP contribution in [0.3, 0.4) is 0 Å². The normalized spacial score (nSPS) is 21.8. The molecular formula is C44H50N8O5S. The van der Waals surface area contributed by atoms with Crippen LogP contribution in [0.25, 0.3) is 44.1 Å². The summed E-state index contributed by atoms with van der Waals surface area (Å²) in [6.07, 6.45) is 10.5. The van der Waals surface area contributed by atoms with E-state index in [2.05, 4.69) is 75.0 Å². The van der Waals surface area contributed by atoms with Crippen molar-refractivity contribution in [2.75, 3.05) is 61.5 Å². The van der Waals surface area contributed by atoms with Gasteiger partial charge < -0.3 is 15.1 Å². The van der Waals surface area contributed by atoms with Crippen LogP contribution >= 0.6 is 0 Å². The van der Waals surface area contributed by atoms with E-state index in [0.717, 1.165) is 67.1 Å². The van der Waals surface area contributed by atoms with Gasteiger partial charge >= 0.3 is 0 Å². The van der Waals surface area contributed by atoms with E-state index in [-0.39, 0.29) is 41.3 Å². The lowest BCUT2D eigenvalue weighted by molar-refractivity contribution is -0.141. The molecule has 4 heterocycles. The van der Waals surface area contributed by atoms with Gasteiger partial charge in [0.05, 0.1) is 22.2 Å². The number of aromatic nitrogens is 2. The maximum Gasteiger partial charge on any atom is 0.259 e. The van der Waals surface area contributed by atoms with Gasteiger partial charge in [-0.3, -0.25) is 29.4 Å². The largest absolute Gasteiger partial charge is 0.396 e. The van der Waals surface area contributed by atoms with Gasteiger partial charge in [0.1, 0.15) is 0 Å². The molecule has 4 N–H and O–H groups in total. The molecular weight excluding hydrogens is 753 g/mol. The highest BCUT2D eigenvalue weighted by Crippen LogP contribution is 2.44. The second-order valence-electron chi connectivity index (χ2n) is 16.3. The predicted molar refractivity (Wildman–Crippen MR) is 225 cm³/mol. The van der Waals surface area contributed by atoms with Crippen LogP contribution in [-0.4, -0.2) is 133 Å². The minimum absolute atomic E-state index is 0.0228. The molecule has 0 bridgehead atoms. The summed E-state index contributed by atoms with van der Waals surface area (Å²) in [7, 11) is 4.70. The Morgan fingerprint density at radius 1 is 0.793 bits per heavy atom. The van der Waals surface area contributed by atoms with Crippen molar-refractivity contribution in [3.05, 3.63) is 101 Å². The number of aromatic amines is 2. The highest BCUT2D eigenvalue weighted by Gasteiger charge is 2.39. The predicted octanol–water partition coefficient (Wildman–Crippen LogP) is 4.10. The third-order valence-electron chi connectivity index (χ3n) is 12.9. The molecule has 2 aromatic heterocycles. The van der Waals surface area contributed by atoms with Gasteiger partial charge in [0.2, 0.25) is 11.8 Å². The number of hydrogen-bond donors (Lipinski definition) is 4. The molecule has 0 saturated carbocycles. The van der Waals surface area contributed by atoms with Gasteiger partial charge in [-0.05, 0) is 90.5 Å². The Morgan fingerprint density at radius 2 is 1.40 bits per heavy atom. The first-order chi connectivity index (χ1) is 27.9. The summed E-state index contributed by atoms with van der Waals surface area (Å²) >= 11 is 0. The molecule has 9 rings (SSSR count). The van der Waals surface area contributed by atoms with Crippen LogP contribution in [-0.2, 0) is 32.5 Å². The highest BCUT2D eigenvalue weighted by atomic mass is 32.2. The molecule has 4 aliphatic rings. The van der Waals surface area contributed by atoms with Crippen molar-refractivity contribution in [3.63, 3.8) is 0 Å². The maximum absolute atomic E-state index is 14.0. The van der Waals surface area contributed by atoms with Crippen LogP contribution < -0.4 is 5.43 Å². The van der Waals surface area contributed by atoms with Gasteiger partial charge in [-0.1, -0.05) is 48.6 Å². The molecule has 302 valence electrons. The fraction of sp³-hybridized carbons (Fsp3) is 0.364. The van der Waals surface area contributed by atoms with Crippen molar-refractivity contribution in [3.8, 4) is 11.1 Å². The summed E-state index contributed by atoms with van der Waals surface area (Å²) in [5, 5.41) is 14.2. The number of hydrogen-bond acceptors (Lipinski definition) is 8. The molecule has 14 heteroatoms. The van der Waals surface area contributed by atoms with Gasteiger partial charge in [0.15, 0.2) is 0 Å². The molecule has 2 aliphatic carbocycles. The Labute approximate surface area is 338 Å². The number of fused-ring (bicyclic) bond motifs is 4. The van der Waals surface area contributed by atoms with Gasteiger partial charge in [0, 0.05) is 93.7 Å². The highest BCUT2D eigenvalue weighted by molar-refractivity contribution is 7.89. The van der Waals surface area contributed by atoms with E-state index in [1.807, 2.05) is 31.3 Å². The van der Waals surface area contributed by atoms with Crippen molar-refractivity contribution in [1.82, 2.24) is 39.6 Å². The Balaban J connectivity index is 0.948. The second kappa shape index (κ2) is 14.6. The van der Waals surface area contributed by atoms with Crippen LogP contribution in [0.1, 0.15) is 28.7 Å². The van der Waals surface area contributed by atoms with Gasteiger partial charge in [-0.2, -0.15) is 0 Å². The molecule has 2 aliphatic heterocycles. The number of amides is 2. The zero-order chi connectivity index (χ0) is 40.6. The third kappa shape index (κ3) is 6.21. The number of carbonyl (C=O) groups excluding carboxylic acids is 2. The summed E-state index contributed by atoms with van der Waals surface area (Å²) in [4.78, 5) is 38.9. The molecule has 13 nitrogen and oxygen atoms in total. The molecule has 58 heavy (non-hydrogen) atoms. The monoisotopic (exact) mass is 802 g/mol. The number of hydrazine groups is 2. The molecule has 0 saturated heterocycles. The number of likely N-dealkylation sites (N-methyl/N-ethyl adjacent to an activating group) is 2. The molecule has 0 radical (unpaired) electrons. The number of carbonyl (C=O) groups is 2. The van der Waals surface area contributed by atoms with Crippen LogP contribution in [0, 0.1) is 11.8 Å². The Bertz CT molecular complexity index is 2630. The molecule has 2 amide bonds. The molecule has 3 aromatic carbocycles. The third-order valence-corrected chi connectivity index (χ3v) is 14.7. The quantitative estimate of drug-likeness (QED) is 0.122. The summed E-state index contributed by atoms with van der Waals surface area (Å²) in [5.41, 5.74) is 13.8. The summed E-state index contributed by atoms with van der Waals surface area (Å²) in [5.74, 6) is -1.16. The van der Waals surface area contributed by atoms with Crippen molar-refractivity contribution in [2.24, 2.45) is 11.8 Å². The van der Waals surface area contributed by atoms with Crippen molar-refractivity contribution >= 4 is 54.8 Å². The maximum atomic E-state index is 14.0. The first kappa shape index (κ1) is 38.4. The van der Waals surface area contributed by atoms with E-state index in [0.29, 0.717) is 26.1 Å². The summed E-state index contributed by atoms with van der Waals surface area (Å²) in [6, 6.07) is 17.5. The van der Waals surface area contributed by atoms with Crippen LogP contribution in [0.5, 0.6) is 0 Å². The van der Waals surface area contributed by atoms with Crippen molar-refractivity contribution in [2.45, 2.75) is 36.2 Å². The number of nitrogens with one attached hydrogen (secondary N) is 3. The lowest BCUT2D eigenvalue weighted by atomic mass is 9.79. The minimum Gasteiger partial charge on any atom is -0.396 e. The van der Waals surface area contributed by atoms with E-state index in [1.54, 1.807) is 19.2 Å². The SMILES string of the molecule is CN(NCCCO)C(=O)[C@@H]1C=C2c3ccc(-c4ccc(S(=O)(=O)N(C)N(C)C(=O)[C@@H]5C=C6c7cccc8[nH]cc(c78)C[C@H]6N(C)C5)cc4)c4[nH]cc(c34)C[C@H]2N(C)C1. The first-order valence-electron chi connectivity index (χ1n) is 19.9. The van der Waals surface area contributed by atoms with Crippen LogP contribution in [0.15, 0.2) is 84.0 Å². The number of nitrogens with zero attached hydrogens (tertiary/aromatic N) is 5. The summed E-state index contributed by atoms with van der Waals surface area (Å²) in [6.45, 7) is 1.67. The van der Waals surface area contributed by atoms with Gasteiger partial charge in [-0.15, -0.1) is 4.41 Å². The number of aliphatic hydroxyl groups is 1. The van der Waals surface area contributed by atoms with Gasteiger partial charge in [0.25, 0.3) is 10.0 Å². The standard InChI is InChI=1S/C44H50N8O5S/c1-48-24-29(43(54)50(3)47-16-7-17-53)18-36-34-15-14-32(42-41(34)28(23-46-42)21-39(36)48)26-10-12-31(13-11-26)58(56,57)52(5)51(4)44(55)30-19-35-33-8-6-9-37-40(33)27(22-45-37)20-38(35)49(2)25-30/h6,8-15,18-19,22-23,29-30,38-39,45-47,53H,7,16-17,20-21,24-25H2,1-5H3/t29-,30-,38-,39-/m1/s1.